The highest BCUT2D eigenvalue weighted by atomic mass is 35.5. The van der Waals surface area contributed by atoms with Gasteiger partial charge < -0.3 is 19.3 Å². The van der Waals surface area contributed by atoms with Crippen LogP contribution in [0.4, 0.5) is 8.78 Å². The number of hydrogen-bond donors (Lipinski definition) is 1. The Morgan fingerprint density at radius 1 is 1.07 bits per heavy atom. The third-order valence-corrected chi connectivity index (χ3v) is 8.05. The molecular formula is C33H29ClF2N2O6. The number of hydrogen-bond acceptors (Lipinski definition) is 5. The van der Waals surface area contributed by atoms with E-state index in [1.807, 2.05) is 0 Å². The van der Waals surface area contributed by atoms with Crippen LogP contribution in [0.2, 0.25) is 5.02 Å². The van der Waals surface area contributed by atoms with Gasteiger partial charge in [0, 0.05) is 36.1 Å². The van der Waals surface area contributed by atoms with Gasteiger partial charge in [0.05, 0.1) is 28.7 Å². The van der Waals surface area contributed by atoms with E-state index in [0.29, 0.717) is 22.2 Å². The van der Waals surface area contributed by atoms with Gasteiger partial charge in [-0.15, -0.1) is 0 Å². The molecule has 44 heavy (non-hydrogen) atoms. The number of rotatable bonds is 11. The molecule has 1 aromatic heterocycles. The molecule has 1 fully saturated rings. The molecule has 1 aliphatic rings. The fourth-order valence-corrected chi connectivity index (χ4v) is 5.65. The molecule has 2 heterocycles. The number of aromatic carboxylic acids is 1. The van der Waals surface area contributed by atoms with Crippen molar-refractivity contribution in [1.29, 1.82) is 0 Å². The van der Waals surface area contributed by atoms with Crippen LogP contribution in [0, 0.1) is 5.82 Å². The zero-order valence-corrected chi connectivity index (χ0v) is 24.5. The molecule has 0 radical (unpaired) electrons. The predicted octanol–water partition coefficient (Wildman–Crippen LogP) is 6.05. The van der Waals surface area contributed by atoms with Crippen molar-refractivity contribution >= 4 is 45.9 Å². The van der Waals surface area contributed by atoms with Gasteiger partial charge in [-0.3, -0.25) is 14.4 Å². The minimum atomic E-state index is -1.38. The molecule has 0 bridgehead atoms. The fraction of sp³-hybridized carbons (Fsp3) is 0.273. The van der Waals surface area contributed by atoms with Gasteiger partial charge in [-0.2, -0.15) is 0 Å². The maximum atomic E-state index is 14.5. The number of benzene rings is 3. The number of likely N-dealkylation sites (tertiary alicyclic amines) is 1. The highest BCUT2D eigenvalue weighted by molar-refractivity contribution is 6.30. The summed E-state index contributed by atoms with van der Waals surface area (Å²) in [4.78, 5) is 51.3. The number of carboxylic acid groups (broad SMARTS) is 1. The number of carbonyl (C=O) groups is 4. The lowest BCUT2D eigenvalue weighted by Gasteiger charge is -2.24. The molecule has 1 N–H and O–H groups in total. The average molecular weight is 623 g/mol. The van der Waals surface area contributed by atoms with E-state index in [0.717, 1.165) is 5.56 Å². The van der Waals surface area contributed by atoms with E-state index in [1.165, 1.54) is 36.1 Å². The van der Waals surface area contributed by atoms with Crippen molar-refractivity contribution < 1.29 is 37.8 Å². The second-order valence-corrected chi connectivity index (χ2v) is 11.2. The Bertz CT molecular complexity index is 1750. The molecule has 11 heteroatoms. The Kier molecular flexibility index (Phi) is 9.10. The van der Waals surface area contributed by atoms with Gasteiger partial charge in [-0.05, 0) is 54.8 Å². The van der Waals surface area contributed by atoms with Gasteiger partial charge >= 0.3 is 5.97 Å². The van der Waals surface area contributed by atoms with Crippen LogP contribution in [0.3, 0.4) is 0 Å². The molecule has 5 rings (SSSR count). The summed E-state index contributed by atoms with van der Waals surface area (Å²) in [7, 11) is 0. The van der Waals surface area contributed by atoms with Crippen molar-refractivity contribution in [2.24, 2.45) is 0 Å². The van der Waals surface area contributed by atoms with Gasteiger partial charge in [0.15, 0.2) is 11.6 Å². The first-order chi connectivity index (χ1) is 21.0. The molecule has 1 saturated heterocycles. The normalized spacial score (nSPS) is 16.3. The van der Waals surface area contributed by atoms with Crippen LogP contribution >= 0.6 is 11.6 Å². The first-order valence-electron chi connectivity index (χ1n) is 14.0. The summed E-state index contributed by atoms with van der Waals surface area (Å²) in [6.07, 6.45) is 0.0195. The number of amides is 1. The molecule has 3 aromatic carbocycles. The number of aryl methyl sites for hydroxylation is 1. The molecule has 4 aromatic rings. The second kappa shape index (κ2) is 13.0. The number of ether oxygens (including phenoxy) is 1. The molecule has 228 valence electrons. The van der Waals surface area contributed by atoms with E-state index < -0.39 is 29.9 Å². The highest BCUT2D eigenvalue weighted by Crippen LogP contribution is 2.29. The van der Waals surface area contributed by atoms with Crippen LogP contribution in [0.15, 0.2) is 66.9 Å². The second-order valence-electron chi connectivity index (χ2n) is 10.8. The van der Waals surface area contributed by atoms with E-state index in [2.05, 4.69) is 0 Å². The summed E-state index contributed by atoms with van der Waals surface area (Å²) in [6, 6.07) is 14.9. The van der Waals surface area contributed by atoms with E-state index >= 15 is 0 Å². The minimum Gasteiger partial charge on any atom is -0.489 e. The lowest BCUT2D eigenvalue weighted by Crippen LogP contribution is -2.42. The van der Waals surface area contributed by atoms with Crippen LogP contribution in [0.5, 0.6) is 5.75 Å². The van der Waals surface area contributed by atoms with Crippen LogP contribution in [-0.4, -0.2) is 56.8 Å². The maximum Gasteiger partial charge on any atom is 0.335 e. The largest absolute Gasteiger partial charge is 0.489 e. The SMILES string of the molecule is CC(=O)c1cn(CC(=O)N2C[C@H](F)C[C@H]2C(=O)CCc2cccc(Cl)c2F)c2cc(OCc3ccc(C(=O)O)cc3)ccc12. The van der Waals surface area contributed by atoms with E-state index in [-0.39, 0.29) is 66.7 Å². The maximum absolute atomic E-state index is 14.5. The van der Waals surface area contributed by atoms with Gasteiger partial charge in [-0.1, -0.05) is 35.9 Å². The summed E-state index contributed by atoms with van der Waals surface area (Å²) in [6.45, 7) is 1.08. The quantitative estimate of drug-likeness (QED) is 0.204. The number of halogens is 3. The fourth-order valence-electron chi connectivity index (χ4n) is 5.45. The van der Waals surface area contributed by atoms with Crippen molar-refractivity contribution in [1.82, 2.24) is 9.47 Å². The van der Waals surface area contributed by atoms with E-state index in [4.69, 9.17) is 21.4 Å². The summed E-state index contributed by atoms with van der Waals surface area (Å²) in [5.74, 6) is -2.25. The Hall–Kier alpha value is -4.57. The van der Waals surface area contributed by atoms with Gasteiger partial charge in [0.2, 0.25) is 5.91 Å². The minimum absolute atomic E-state index is 0.0525. The zero-order chi connectivity index (χ0) is 31.5. The number of Topliss-reactive ketones (excluding diaryl/α,β-unsaturated/α-hetero) is 2. The highest BCUT2D eigenvalue weighted by Gasteiger charge is 2.39. The van der Waals surface area contributed by atoms with Crippen molar-refractivity contribution in [2.45, 2.75) is 51.6 Å². The molecule has 0 aliphatic carbocycles. The smallest absolute Gasteiger partial charge is 0.335 e. The third-order valence-electron chi connectivity index (χ3n) is 7.76. The van der Waals surface area contributed by atoms with E-state index in [1.54, 1.807) is 47.2 Å². The number of ketones is 2. The summed E-state index contributed by atoms with van der Waals surface area (Å²) >= 11 is 5.84. The predicted molar refractivity (Wildman–Crippen MR) is 159 cm³/mol. The molecule has 0 saturated carbocycles. The van der Waals surface area contributed by atoms with Crippen molar-refractivity contribution in [3.05, 3.63) is 100.0 Å². The number of nitrogens with zero attached hydrogens (tertiary/aromatic N) is 2. The lowest BCUT2D eigenvalue weighted by atomic mass is 10.0. The van der Waals surface area contributed by atoms with Gasteiger partial charge in [0.1, 0.15) is 30.9 Å². The molecular weight excluding hydrogens is 594 g/mol. The zero-order valence-electron chi connectivity index (χ0n) is 23.8. The van der Waals surface area contributed by atoms with Crippen molar-refractivity contribution in [3.63, 3.8) is 0 Å². The van der Waals surface area contributed by atoms with Gasteiger partial charge in [0.25, 0.3) is 0 Å². The Morgan fingerprint density at radius 3 is 2.52 bits per heavy atom. The number of carbonyl (C=O) groups excluding carboxylic acids is 3. The number of carboxylic acids is 1. The summed E-state index contributed by atoms with van der Waals surface area (Å²) in [5, 5.41) is 9.63. The van der Waals surface area contributed by atoms with Crippen LogP contribution in [0.1, 0.15) is 51.6 Å². The molecule has 1 amide bonds. The molecule has 8 nitrogen and oxygen atoms in total. The topological polar surface area (TPSA) is 106 Å². The van der Waals surface area contributed by atoms with Crippen molar-refractivity contribution in [2.75, 3.05) is 6.54 Å². The van der Waals surface area contributed by atoms with Gasteiger partial charge in [-0.25, -0.2) is 13.6 Å². The number of alkyl halides is 1. The number of aromatic nitrogens is 1. The Balaban J connectivity index is 1.32. The first-order valence-corrected chi connectivity index (χ1v) is 14.4. The Morgan fingerprint density at radius 2 is 1.82 bits per heavy atom. The van der Waals surface area contributed by atoms with Crippen LogP contribution in [0.25, 0.3) is 10.9 Å². The van der Waals surface area contributed by atoms with Crippen molar-refractivity contribution in [3.8, 4) is 5.75 Å². The monoisotopic (exact) mass is 622 g/mol. The first kappa shape index (κ1) is 30.9. The summed E-state index contributed by atoms with van der Waals surface area (Å²) in [5.41, 5.74) is 2.10. The van der Waals surface area contributed by atoms with E-state index in [9.17, 15) is 28.0 Å². The summed E-state index contributed by atoms with van der Waals surface area (Å²) < 4.78 is 36.3. The van der Waals surface area contributed by atoms with Crippen LogP contribution < -0.4 is 4.74 Å². The molecule has 1 aliphatic heterocycles. The van der Waals surface area contributed by atoms with Crippen LogP contribution in [-0.2, 0) is 29.2 Å². The molecule has 2 atom stereocenters. The Labute approximate surface area is 256 Å². The molecule has 0 spiro atoms. The molecule has 0 unspecified atom stereocenters. The lowest BCUT2D eigenvalue weighted by molar-refractivity contribution is -0.138. The standard InChI is InChI=1S/C33H29ClF2N2O6/c1-19(39)26-16-37(28-14-24(10-11-25(26)28)44-18-20-5-7-22(8-6-20)33(42)43)17-31(41)38-15-23(35)13-29(38)30(40)12-9-21-3-2-4-27(34)32(21)36/h2-8,10-11,14,16,23,29H,9,12-13,15,17-18H2,1H3,(H,42,43)/t23-,29+/m1/s1. The average Bonchev–Trinajstić information content (AvgIpc) is 3.57. The third kappa shape index (κ3) is 6.65. The number of fused-ring (bicyclic) bond motifs is 1.